The summed E-state index contributed by atoms with van der Waals surface area (Å²) in [6.45, 7) is 7.67. The summed E-state index contributed by atoms with van der Waals surface area (Å²) in [5.74, 6) is 1.59. The number of hydrogen-bond donors (Lipinski definition) is 1. The van der Waals surface area contributed by atoms with Gasteiger partial charge in [-0.3, -0.25) is 9.48 Å². The van der Waals surface area contributed by atoms with Gasteiger partial charge in [0.25, 0.3) is 5.91 Å². The molecule has 0 radical (unpaired) electrons. The van der Waals surface area contributed by atoms with Crippen molar-refractivity contribution in [2.24, 2.45) is 13.0 Å². The van der Waals surface area contributed by atoms with Crippen LogP contribution in [0, 0.1) is 19.8 Å². The fraction of sp³-hybridized carbons (Fsp3) is 0.571. The average molecular weight is 291 g/mol. The summed E-state index contributed by atoms with van der Waals surface area (Å²) in [5.41, 5.74) is 0.589. The van der Waals surface area contributed by atoms with Gasteiger partial charge in [-0.2, -0.15) is 5.10 Å². The molecule has 7 nitrogen and oxygen atoms in total. The minimum Gasteiger partial charge on any atom is -0.436 e. The highest BCUT2D eigenvalue weighted by atomic mass is 16.4. The first kappa shape index (κ1) is 15.2. The van der Waals surface area contributed by atoms with E-state index in [0.717, 1.165) is 12.2 Å². The first-order chi connectivity index (χ1) is 9.88. The molecule has 0 unspecified atom stereocenters. The Morgan fingerprint density at radius 2 is 2.14 bits per heavy atom. The van der Waals surface area contributed by atoms with Crippen molar-refractivity contribution in [3.63, 3.8) is 0 Å². The standard InChI is InChI=1S/C14H21N5O2/c1-8(2)6-11(13-15-7-16-19(13)5)18-14(20)12-9(3)17-10(4)21-12/h7-8,11H,6H2,1-5H3,(H,18,20)/t11-/m1/s1. The number of carbonyl (C=O) groups is 1. The van der Waals surface area contributed by atoms with Crippen molar-refractivity contribution in [1.29, 1.82) is 0 Å². The number of amides is 1. The van der Waals surface area contributed by atoms with Gasteiger partial charge >= 0.3 is 0 Å². The fourth-order valence-corrected chi connectivity index (χ4v) is 2.29. The van der Waals surface area contributed by atoms with Crippen LogP contribution in [-0.4, -0.2) is 25.7 Å². The van der Waals surface area contributed by atoms with Crippen LogP contribution in [0.2, 0.25) is 0 Å². The molecule has 2 heterocycles. The Kier molecular flexibility index (Phi) is 4.40. The zero-order chi connectivity index (χ0) is 15.6. The Hall–Kier alpha value is -2.18. The van der Waals surface area contributed by atoms with Crippen LogP contribution in [-0.2, 0) is 7.05 Å². The SMILES string of the molecule is Cc1nc(C)c(C(=O)N[C@H](CC(C)C)c2ncnn2C)o1. The first-order valence-corrected chi connectivity index (χ1v) is 6.97. The maximum Gasteiger partial charge on any atom is 0.289 e. The van der Waals surface area contributed by atoms with Crippen molar-refractivity contribution >= 4 is 5.91 Å². The van der Waals surface area contributed by atoms with E-state index >= 15 is 0 Å². The van der Waals surface area contributed by atoms with Crippen molar-refractivity contribution in [2.75, 3.05) is 0 Å². The van der Waals surface area contributed by atoms with Gasteiger partial charge in [0, 0.05) is 14.0 Å². The molecule has 7 heteroatoms. The van der Waals surface area contributed by atoms with Gasteiger partial charge in [0.2, 0.25) is 5.76 Å². The number of oxazole rings is 1. The van der Waals surface area contributed by atoms with Gasteiger partial charge in [-0.25, -0.2) is 9.97 Å². The van der Waals surface area contributed by atoms with Crippen molar-refractivity contribution in [1.82, 2.24) is 25.1 Å². The minimum atomic E-state index is -0.276. The van der Waals surface area contributed by atoms with E-state index in [9.17, 15) is 4.79 Å². The summed E-state index contributed by atoms with van der Waals surface area (Å²) in [5, 5.41) is 7.03. The summed E-state index contributed by atoms with van der Waals surface area (Å²) in [4.78, 5) is 20.7. The van der Waals surface area contributed by atoms with E-state index in [2.05, 4.69) is 34.2 Å². The number of hydrogen-bond acceptors (Lipinski definition) is 5. The van der Waals surface area contributed by atoms with Crippen LogP contribution in [0.15, 0.2) is 10.7 Å². The minimum absolute atomic E-state index is 0.213. The molecule has 2 aromatic rings. The molecule has 21 heavy (non-hydrogen) atoms. The Morgan fingerprint density at radius 3 is 2.62 bits per heavy atom. The molecule has 1 atom stereocenters. The number of rotatable bonds is 5. The van der Waals surface area contributed by atoms with Gasteiger partial charge in [0.15, 0.2) is 5.89 Å². The van der Waals surface area contributed by atoms with Crippen molar-refractivity contribution in [3.05, 3.63) is 29.5 Å². The third-order valence-electron chi connectivity index (χ3n) is 3.18. The Bertz CT molecular complexity index is 629. The van der Waals surface area contributed by atoms with Gasteiger partial charge in [-0.15, -0.1) is 0 Å². The van der Waals surface area contributed by atoms with Crippen LogP contribution in [0.1, 0.15) is 54.3 Å². The summed E-state index contributed by atoms with van der Waals surface area (Å²) >= 11 is 0. The molecule has 0 bridgehead atoms. The van der Waals surface area contributed by atoms with Crippen LogP contribution in [0.25, 0.3) is 0 Å². The lowest BCUT2D eigenvalue weighted by Gasteiger charge is -2.19. The monoisotopic (exact) mass is 291 g/mol. The maximum absolute atomic E-state index is 12.4. The van der Waals surface area contributed by atoms with Crippen LogP contribution in [0.3, 0.4) is 0 Å². The summed E-state index contributed by atoms with van der Waals surface area (Å²) in [6, 6.07) is -0.213. The molecule has 0 aliphatic carbocycles. The topological polar surface area (TPSA) is 85.8 Å². The Balaban J connectivity index is 2.21. The molecule has 114 valence electrons. The Labute approximate surface area is 123 Å². The molecule has 0 aliphatic rings. The molecule has 1 amide bonds. The molecule has 0 aromatic carbocycles. The second kappa shape index (κ2) is 6.07. The third kappa shape index (κ3) is 3.48. The van der Waals surface area contributed by atoms with Crippen LogP contribution < -0.4 is 5.32 Å². The van der Waals surface area contributed by atoms with Gasteiger partial charge in [-0.05, 0) is 19.3 Å². The number of carbonyl (C=O) groups excluding carboxylic acids is 1. The fourth-order valence-electron chi connectivity index (χ4n) is 2.29. The van der Waals surface area contributed by atoms with Crippen molar-refractivity contribution < 1.29 is 9.21 Å². The summed E-state index contributed by atoms with van der Waals surface area (Å²) < 4.78 is 7.04. The van der Waals surface area contributed by atoms with Crippen molar-refractivity contribution in [2.45, 2.75) is 40.2 Å². The molecule has 2 aromatic heterocycles. The van der Waals surface area contributed by atoms with Crippen LogP contribution >= 0.6 is 0 Å². The van der Waals surface area contributed by atoms with E-state index in [1.165, 1.54) is 6.33 Å². The highest BCUT2D eigenvalue weighted by molar-refractivity contribution is 5.92. The average Bonchev–Trinajstić information content (AvgIpc) is 2.93. The zero-order valence-corrected chi connectivity index (χ0v) is 13.0. The van der Waals surface area contributed by atoms with Gasteiger partial charge < -0.3 is 9.73 Å². The van der Waals surface area contributed by atoms with E-state index < -0.39 is 0 Å². The molecule has 0 saturated carbocycles. The Morgan fingerprint density at radius 1 is 1.43 bits per heavy atom. The van der Waals surface area contributed by atoms with E-state index in [1.54, 1.807) is 18.5 Å². The smallest absolute Gasteiger partial charge is 0.289 e. The van der Waals surface area contributed by atoms with E-state index in [1.807, 2.05) is 7.05 Å². The predicted octanol–water partition coefficient (Wildman–Crippen LogP) is 1.94. The second-order valence-electron chi connectivity index (χ2n) is 5.54. The van der Waals surface area contributed by atoms with E-state index in [4.69, 9.17) is 4.42 Å². The molecule has 0 spiro atoms. The molecule has 0 saturated heterocycles. The van der Waals surface area contributed by atoms with Crippen molar-refractivity contribution in [3.8, 4) is 0 Å². The maximum atomic E-state index is 12.4. The number of nitrogens with one attached hydrogen (secondary N) is 1. The molecule has 0 fully saturated rings. The summed E-state index contributed by atoms with van der Waals surface area (Å²) in [6.07, 6.45) is 2.25. The van der Waals surface area contributed by atoms with Gasteiger partial charge in [-0.1, -0.05) is 13.8 Å². The lowest BCUT2D eigenvalue weighted by atomic mass is 10.0. The third-order valence-corrected chi connectivity index (χ3v) is 3.18. The normalized spacial score (nSPS) is 12.7. The quantitative estimate of drug-likeness (QED) is 0.909. The molecule has 1 N–H and O–H groups in total. The lowest BCUT2D eigenvalue weighted by Crippen LogP contribution is -2.31. The zero-order valence-electron chi connectivity index (χ0n) is 13.0. The number of aryl methyl sites for hydroxylation is 3. The van der Waals surface area contributed by atoms with E-state index in [-0.39, 0.29) is 17.7 Å². The first-order valence-electron chi connectivity index (χ1n) is 6.97. The van der Waals surface area contributed by atoms with Gasteiger partial charge in [0.1, 0.15) is 12.2 Å². The number of aromatic nitrogens is 4. The van der Waals surface area contributed by atoms with Crippen LogP contribution in [0.4, 0.5) is 0 Å². The van der Waals surface area contributed by atoms with E-state index in [0.29, 0.717) is 17.5 Å². The predicted molar refractivity (Wildman–Crippen MR) is 76.6 cm³/mol. The largest absolute Gasteiger partial charge is 0.436 e. The number of nitrogens with zero attached hydrogens (tertiary/aromatic N) is 4. The molecule has 2 rings (SSSR count). The molecular weight excluding hydrogens is 270 g/mol. The van der Waals surface area contributed by atoms with Gasteiger partial charge in [0.05, 0.1) is 11.7 Å². The molecule has 0 aliphatic heterocycles. The highest BCUT2D eigenvalue weighted by Crippen LogP contribution is 2.20. The highest BCUT2D eigenvalue weighted by Gasteiger charge is 2.24. The van der Waals surface area contributed by atoms with Crippen LogP contribution in [0.5, 0.6) is 0 Å². The second-order valence-corrected chi connectivity index (χ2v) is 5.54. The molecular formula is C14H21N5O2. The lowest BCUT2D eigenvalue weighted by molar-refractivity contribution is 0.0898. The summed E-state index contributed by atoms with van der Waals surface area (Å²) in [7, 11) is 1.81.